The normalized spacial score (nSPS) is 11.9. The molecule has 0 radical (unpaired) electrons. The highest BCUT2D eigenvalue weighted by Gasteiger charge is 2.18. The predicted molar refractivity (Wildman–Crippen MR) is 69.7 cm³/mol. The van der Waals surface area contributed by atoms with E-state index in [1.54, 1.807) is 24.3 Å². The van der Waals surface area contributed by atoms with Crippen molar-refractivity contribution in [2.24, 2.45) is 0 Å². The maximum atomic E-state index is 11.9. The van der Waals surface area contributed by atoms with Crippen LogP contribution in [0.5, 0.6) is 0 Å². The van der Waals surface area contributed by atoms with Crippen LogP contribution in [0.25, 0.3) is 0 Å². The SMILES string of the molecule is COC(=O)CCC(Br)C(=O)c1ccc(Cl)cc1. The molecule has 0 aliphatic heterocycles. The Morgan fingerprint density at radius 1 is 1.35 bits per heavy atom. The summed E-state index contributed by atoms with van der Waals surface area (Å²) < 4.78 is 4.51. The molecule has 1 aromatic rings. The van der Waals surface area contributed by atoms with Crippen LogP contribution in [0, 0.1) is 0 Å². The van der Waals surface area contributed by atoms with Crippen molar-refractivity contribution < 1.29 is 14.3 Å². The first-order chi connectivity index (χ1) is 8.04. The van der Waals surface area contributed by atoms with Crippen LogP contribution in [-0.4, -0.2) is 23.7 Å². The Labute approximate surface area is 113 Å². The molecule has 0 amide bonds. The maximum Gasteiger partial charge on any atom is 0.305 e. The van der Waals surface area contributed by atoms with E-state index in [-0.39, 0.29) is 23.0 Å². The molecule has 3 nitrogen and oxygen atoms in total. The number of carbonyl (C=O) groups is 2. The van der Waals surface area contributed by atoms with Gasteiger partial charge in [-0.2, -0.15) is 0 Å². The highest BCUT2D eigenvalue weighted by molar-refractivity contribution is 9.10. The minimum absolute atomic E-state index is 0.0643. The molecule has 0 aliphatic rings. The summed E-state index contributed by atoms with van der Waals surface area (Å²) in [6.07, 6.45) is 0.625. The third-order valence-electron chi connectivity index (χ3n) is 2.24. The van der Waals surface area contributed by atoms with Gasteiger partial charge in [-0.25, -0.2) is 0 Å². The van der Waals surface area contributed by atoms with Gasteiger partial charge in [-0.05, 0) is 30.7 Å². The van der Waals surface area contributed by atoms with Gasteiger partial charge in [0, 0.05) is 17.0 Å². The third kappa shape index (κ3) is 4.48. The van der Waals surface area contributed by atoms with Crippen molar-refractivity contribution in [3.63, 3.8) is 0 Å². The second-order valence-electron chi connectivity index (χ2n) is 3.45. The zero-order chi connectivity index (χ0) is 12.8. The minimum atomic E-state index is -0.386. The lowest BCUT2D eigenvalue weighted by molar-refractivity contribution is -0.140. The smallest absolute Gasteiger partial charge is 0.305 e. The van der Waals surface area contributed by atoms with Crippen molar-refractivity contribution in [1.29, 1.82) is 0 Å². The summed E-state index contributed by atoms with van der Waals surface area (Å²) in [5.74, 6) is -0.385. The quantitative estimate of drug-likeness (QED) is 0.475. The molecular weight excluding hydrogens is 307 g/mol. The largest absolute Gasteiger partial charge is 0.469 e. The molecule has 5 heteroatoms. The van der Waals surface area contributed by atoms with Gasteiger partial charge in [-0.1, -0.05) is 27.5 Å². The lowest BCUT2D eigenvalue weighted by Gasteiger charge is -2.08. The number of benzene rings is 1. The standard InChI is InChI=1S/C12H12BrClO3/c1-17-11(15)7-6-10(13)12(16)8-2-4-9(14)5-3-8/h2-5,10H,6-7H2,1H3. The van der Waals surface area contributed by atoms with Crippen LogP contribution in [-0.2, 0) is 9.53 Å². The van der Waals surface area contributed by atoms with Crippen LogP contribution in [0.2, 0.25) is 5.02 Å². The molecule has 92 valence electrons. The van der Waals surface area contributed by atoms with E-state index in [0.29, 0.717) is 17.0 Å². The number of Topliss-reactive ketones (excluding diaryl/α,β-unsaturated/α-hetero) is 1. The molecule has 0 bridgehead atoms. The van der Waals surface area contributed by atoms with Gasteiger partial charge in [-0.3, -0.25) is 9.59 Å². The second-order valence-corrected chi connectivity index (χ2v) is 5.00. The lowest BCUT2D eigenvalue weighted by Crippen LogP contribution is -2.16. The third-order valence-corrected chi connectivity index (χ3v) is 3.37. The van der Waals surface area contributed by atoms with Crippen LogP contribution in [0.15, 0.2) is 24.3 Å². The molecule has 0 spiro atoms. The first kappa shape index (κ1) is 14.2. The van der Waals surface area contributed by atoms with E-state index in [9.17, 15) is 9.59 Å². The van der Waals surface area contributed by atoms with Crippen LogP contribution in [0.1, 0.15) is 23.2 Å². The summed E-state index contributed by atoms with van der Waals surface area (Å²) in [7, 11) is 1.33. The van der Waals surface area contributed by atoms with Gasteiger partial charge in [0.2, 0.25) is 0 Å². The van der Waals surface area contributed by atoms with E-state index in [0.717, 1.165) is 0 Å². The van der Waals surface area contributed by atoms with Crippen molar-refractivity contribution >= 4 is 39.3 Å². The Morgan fingerprint density at radius 2 is 1.94 bits per heavy atom. The second kappa shape index (κ2) is 6.77. The summed E-state index contributed by atoms with van der Waals surface area (Å²) in [6, 6.07) is 6.65. The van der Waals surface area contributed by atoms with Gasteiger partial charge in [-0.15, -0.1) is 0 Å². The monoisotopic (exact) mass is 318 g/mol. The average Bonchev–Trinajstić information content (AvgIpc) is 2.35. The van der Waals surface area contributed by atoms with Crippen LogP contribution in [0.3, 0.4) is 0 Å². The van der Waals surface area contributed by atoms with Crippen molar-refractivity contribution in [2.45, 2.75) is 17.7 Å². The number of hydrogen-bond donors (Lipinski definition) is 0. The predicted octanol–water partition coefficient (Wildman–Crippen LogP) is 3.24. The Hall–Kier alpha value is -0.870. The fraction of sp³-hybridized carbons (Fsp3) is 0.333. The molecule has 0 aliphatic carbocycles. The van der Waals surface area contributed by atoms with E-state index >= 15 is 0 Å². The number of hydrogen-bond acceptors (Lipinski definition) is 3. The first-order valence-corrected chi connectivity index (χ1v) is 6.34. The number of methoxy groups -OCH3 is 1. The molecule has 0 fully saturated rings. The zero-order valence-electron chi connectivity index (χ0n) is 9.28. The van der Waals surface area contributed by atoms with Gasteiger partial charge >= 0.3 is 5.97 Å². The summed E-state index contributed by atoms with van der Waals surface area (Å²) in [6.45, 7) is 0. The van der Waals surface area contributed by atoms with E-state index < -0.39 is 0 Å². The van der Waals surface area contributed by atoms with E-state index in [1.807, 2.05) is 0 Å². The molecule has 1 unspecified atom stereocenters. The number of carbonyl (C=O) groups excluding carboxylic acids is 2. The van der Waals surface area contributed by atoms with E-state index in [2.05, 4.69) is 20.7 Å². The number of alkyl halides is 1. The molecule has 0 saturated carbocycles. The van der Waals surface area contributed by atoms with Crippen molar-refractivity contribution in [3.8, 4) is 0 Å². The number of ether oxygens (including phenoxy) is 1. The number of rotatable bonds is 5. The molecule has 1 aromatic carbocycles. The van der Waals surface area contributed by atoms with Crippen molar-refractivity contribution in [1.82, 2.24) is 0 Å². The summed E-state index contributed by atoms with van der Waals surface area (Å²) in [5, 5.41) is 0.585. The van der Waals surface area contributed by atoms with Gasteiger partial charge in [0.15, 0.2) is 5.78 Å². The molecule has 1 rings (SSSR count). The average molecular weight is 320 g/mol. The number of halogens is 2. The molecule has 0 N–H and O–H groups in total. The highest BCUT2D eigenvalue weighted by Crippen LogP contribution is 2.17. The Balaban J connectivity index is 2.57. The van der Waals surface area contributed by atoms with Crippen LogP contribution in [0.4, 0.5) is 0 Å². The number of esters is 1. The molecule has 1 atom stereocenters. The molecule has 0 aromatic heterocycles. The van der Waals surface area contributed by atoms with Gasteiger partial charge < -0.3 is 4.74 Å². The lowest BCUT2D eigenvalue weighted by atomic mass is 10.1. The molecule has 0 heterocycles. The zero-order valence-corrected chi connectivity index (χ0v) is 11.6. The van der Waals surface area contributed by atoms with Crippen molar-refractivity contribution in [3.05, 3.63) is 34.9 Å². The van der Waals surface area contributed by atoms with E-state index in [1.165, 1.54) is 7.11 Å². The first-order valence-electron chi connectivity index (χ1n) is 5.05. The number of ketones is 1. The molecular formula is C12H12BrClO3. The van der Waals surface area contributed by atoms with Crippen LogP contribution >= 0.6 is 27.5 Å². The summed E-state index contributed by atoms with van der Waals surface area (Å²) in [5.41, 5.74) is 0.571. The summed E-state index contributed by atoms with van der Waals surface area (Å²) >= 11 is 9.00. The van der Waals surface area contributed by atoms with Gasteiger partial charge in [0.25, 0.3) is 0 Å². The van der Waals surface area contributed by atoms with E-state index in [4.69, 9.17) is 11.6 Å². The topological polar surface area (TPSA) is 43.4 Å². The molecule has 0 saturated heterocycles. The Morgan fingerprint density at radius 3 is 2.47 bits per heavy atom. The van der Waals surface area contributed by atoms with Gasteiger partial charge in [0.05, 0.1) is 11.9 Å². The fourth-order valence-corrected chi connectivity index (χ4v) is 1.89. The summed E-state index contributed by atoms with van der Waals surface area (Å²) in [4.78, 5) is 22.5. The van der Waals surface area contributed by atoms with Crippen LogP contribution < -0.4 is 0 Å². The highest BCUT2D eigenvalue weighted by atomic mass is 79.9. The maximum absolute atomic E-state index is 11.9. The molecule has 17 heavy (non-hydrogen) atoms. The van der Waals surface area contributed by atoms with Crippen molar-refractivity contribution in [2.75, 3.05) is 7.11 Å². The Bertz CT molecular complexity index is 403. The minimum Gasteiger partial charge on any atom is -0.469 e. The van der Waals surface area contributed by atoms with Gasteiger partial charge in [0.1, 0.15) is 0 Å². The Kier molecular flexibility index (Phi) is 5.65. The fourth-order valence-electron chi connectivity index (χ4n) is 1.27.